The largest absolute Gasteiger partial charge is 0.396 e. The molecule has 2 aliphatic heterocycles. The van der Waals surface area contributed by atoms with Crippen LogP contribution in [0.4, 0.5) is 0 Å². The van der Waals surface area contributed by atoms with Gasteiger partial charge in [0.2, 0.25) is 5.91 Å². The van der Waals surface area contributed by atoms with E-state index in [9.17, 15) is 4.79 Å². The maximum absolute atomic E-state index is 12.3. The zero-order chi connectivity index (χ0) is 10.9. The maximum atomic E-state index is 12.3. The van der Waals surface area contributed by atoms with Gasteiger partial charge in [0, 0.05) is 25.6 Å². The van der Waals surface area contributed by atoms with Gasteiger partial charge in [-0.1, -0.05) is 0 Å². The number of carbonyl (C=O) groups is 1. The highest BCUT2D eigenvalue weighted by atomic mass is 32.2. The maximum Gasteiger partial charge on any atom is 0.238 e. The molecule has 15 heavy (non-hydrogen) atoms. The highest BCUT2D eigenvalue weighted by Gasteiger charge is 2.41. The van der Waals surface area contributed by atoms with Crippen LogP contribution in [0.15, 0.2) is 0 Å². The van der Waals surface area contributed by atoms with Gasteiger partial charge in [-0.15, -0.1) is 11.8 Å². The second kappa shape index (κ2) is 4.34. The van der Waals surface area contributed by atoms with E-state index < -0.39 is 0 Å². The van der Waals surface area contributed by atoms with Crippen molar-refractivity contribution < 1.29 is 9.90 Å². The van der Waals surface area contributed by atoms with Crippen LogP contribution < -0.4 is 0 Å². The number of aliphatic hydroxyl groups is 1. The van der Waals surface area contributed by atoms with Gasteiger partial charge in [0.05, 0.1) is 4.75 Å². The van der Waals surface area contributed by atoms with Crippen molar-refractivity contribution in [2.45, 2.75) is 30.9 Å². The lowest BCUT2D eigenvalue weighted by atomic mass is 10.0. The molecule has 0 radical (unpaired) electrons. The molecule has 0 aliphatic carbocycles. The molecular formula is C11H19NO2S. The fourth-order valence-electron chi connectivity index (χ4n) is 2.45. The molecule has 86 valence electrons. The van der Waals surface area contributed by atoms with Gasteiger partial charge in [0.15, 0.2) is 0 Å². The standard InChI is InChI=1S/C11H19NO2S/c1-11(4-2-6-15-11)10(14)12-5-3-9(7-12)8-13/h9,13H,2-8H2,1H3. The third-order valence-corrected chi connectivity index (χ3v) is 5.01. The topological polar surface area (TPSA) is 40.5 Å². The Labute approximate surface area is 95.2 Å². The monoisotopic (exact) mass is 229 g/mol. The Bertz CT molecular complexity index is 251. The Hall–Kier alpha value is -0.220. The minimum atomic E-state index is -0.176. The van der Waals surface area contributed by atoms with E-state index in [-0.39, 0.29) is 11.4 Å². The molecule has 0 saturated carbocycles. The lowest BCUT2D eigenvalue weighted by Gasteiger charge is -2.28. The molecule has 0 aromatic rings. The summed E-state index contributed by atoms with van der Waals surface area (Å²) in [4.78, 5) is 14.2. The number of hydrogen-bond acceptors (Lipinski definition) is 3. The molecule has 0 aromatic carbocycles. The van der Waals surface area contributed by atoms with Crippen LogP contribution in [0.1, 0.15) is 26.2 Å². The summed E-state index contributed by atoms with van der Waals surface area (Å²) in [7, 11) is 0. The third-order valence-electron chi connectivity index (χ3n) is 3.50. The van der Waals surface area contributed by atoms with E-state index >= 15 is 0 Å². The van der Waals surface area contributed by atoms with E-state index in [4.69, 9.17) is 5.11 Å². The lowest BCUT2D eigenvalue weighted by Crippen LogP contribution is -2.42. The van der Waals surface area contributed by atoms with Crippen molar-refractivity contribution >= 4 is 17.7 Å². The number of rotatable bonds is 2. The Morgan fingerprint density at radius 3 is 3.00 bits per heavy atom. The summed E-state index contributed by atoms with van der Waals surface area (Å²) >= 11 is 1.79. The highest BCUT2D eigenvalue weighted by Crippen LogP contribution is 2.40. The molecule has 2 atom stereocenters. The molecule has 2 fully saturated rings. The van der Waals surface area contributed by atoms with Crippen molar-refractivity contribution in [3.05, 3.63) is 0 Å². The summed E-state index contributed by atoms with van der Waals surface area (Å²) in [6, 6.07) is 0. The summed E-state index contributed by atoms with van der Waals surface area (Å²) in [6.45, 7) is 3.87. The van der Waals surface area contributed by atoms with Gasteiger partial charge in [0.25, 0.3) is 0 Å². The zero-order valence-corrected chi connectivity index (χ0v) is 10.1. The number of hydrogen-bond donors (Lipinski definition) is 1. The molecule has 0 spiro atoms. The Kier molecular flexibility index (Phi) is 3.26. The first-order chi connectivity index (χ1) is 7.15. The van der Waals surface area contributed by atoms with Gasteiger partial charge >= 0.3 is 0 Å². The number of likely N-dealkylation sites (tertiary alicyclic amines) is 1. The number of aliphatic hydroxyl groups excluding tert-OH is 1. The van der Waals surface area contributed by atoms with Crippen molar-refractivity contribution in [2.75, 3.05) is 25.4 Å². The van der Waals surface area contributed by atoms with Crippen LogP contribution in [0.5, 0.6) is 0 Å². The molecule has 1 amide bonds. The van der Waals surface area contributed by atoms with E-state index in [1.165, 1.54) is 0 Å². The van der Waals surface area contributed by atoms with E-state index in [2.05, 4.69) is 6.92 Å². The average molecular weight is 229 g/mol. The van der Waals surface area contributed by atoms with Gasteiger partial charge in [-0.25, -0.2) is 0 Å². The average Bonchev–Trinajstić information content (AvgIpc) is 2.85. The number of thioether (sulfide) groups is 1. The summed E-state index contributed by atoms with van der Waals surface area (Å²) < 4.78 is -0.176. The van der Waals surface area contributed by atoms with Gasteiger partial charge in [-0.3, -0.25) is 4.79 Å². The smallest absolute Gasteiger partial charge is 0.238 e. The molecular weight excluding hydrogens is 210 g/mol. The first-order valence-electron chi connectivity index (χ1n) is 5.70. The van der Waals surface area contributed by atoms with Crippen LogP contribution in [0.3, 0.4) is 0 Å². The second-order valence-electron chi connectivity index (χ2n) is 4.77. The van der Waals surface area contributed by atoms with Crippen molar-refractivity contribution in [2.24, 2.45) is 5.92 Å². The van der Waals surface area contributed by atoms with Crippen LogP contribution in [0.2, 0.25) is 0 Å². The minimum Gasteiger partial charge on any atom is -0.396 e. The van der Waals surface area contributed by atoms with Crippen molar-refractivity contribution in [1.82, 2.24) is 4.90 Å². The molecule has 4 heteroatoms. The molecule has 0 aromatic heterocycles. The Morgan fingerprint density at radius 1 is 1.67 bits per heavy atom. The van der Waals surface area contributed by atoms with Crippen LogP contribution in [0, 0.1) is 5.92 Å². The van der Waals surface area contributed by atoms with Gasteiger partial charge in [-0.2, -0.15) is 0 Å². The SMILES string of the molecule is CC1(C(=O)N2CCC(CO)C2)CCCS1. The first kappa shape index (κ1) is 11.3. The molecule has 3 nitrogen and oxygen atoms in total. The predicted molar refractivity (Wildman–Crippen MR) is 61.9 cm³/mol. The van der Waals surface area contributed by atoms with Crippen molar-refractivity contribution in [1.29, 1.82) is 0 Å². The summed E-state index contributed by atoms with van der Waals surface area (Å²) in [6.07, 6.45) is 3.13. The predicted octanol–water partition coefficient (Wildman–Crippen LogP) is 1.11. The van der Waals surface area contributed by atoms with Crippen LogP contribution in [-0.2, 0) is 4.79 Å². The molecule has 0 bridgehead atoms. The lowest BCUT2D eigenvalue weighted by molar-refractivity contribution is -0.132. The number of nitrogens with zero attached hydrogens (tertiary/aromatic N) is 1. The minimum absolute atomic E-state index is 0.176. The summed E-state index contributed by atoms with van der Waals surface area (Å²) in [5, 5.41) is 9.05. The quantitative estimate of drug-likeness (QED) is 0.771. The summed E-state index contributed by atoms with van der Waals surface area (Å²) in [5.74, 6) is 1.71. The van der Waals surface area contributed by atoms with Crippen molar-refractivity contribution in [3.63, 3.8) is 0 Å². The van der Waals surface area contributed by atoms with E-state index in [1.807, 2.05) is 4.90 Å². The first-order valence-corrected chi connectivity index (χ1v) is 6.68. The molecule has 2 unspecified atom stereocenters. The summed E-state index contributed by atoms with van der Waals surface area (Å²) in [5.41, 5.74) is 0. The second-order valence-corrected chi connectivity index (χ2v) is 6.37. The van der Waals surface area contributed by atoms with Gasteiger partial charge in [-0.05, 0) is 31.9 Å². The molecule has 2 aliphatic rings. The molecule has 1 N–H and O–H groups in total. The third kappa shape index (κ3) is 2.16. The van der Waals surface area contributed by atoms with Crippen LogP contribution in [0.25, 0.3) is 0 Å². The fourth-order valence-corrected chi connectivity index (χ4v) is 3.73. The van der Waals surface area contributed by atoms with Gasteiger partial charge < -0.3 is 10.0 Å². The van der Waals surface area contributed by atoms with E-state index in [1.54, 1.807) is 11.8 Å². The highest BCUT2D eigenvalue weighted by molar-refractivity contribution is 8.01. The number of carbonyl (C=O) groups excluding carboxylic acids is 1. The Morgan fingerprint density at radius 2 is 2.47 bits per heavy atom. The van der Waals surface area contributed by atoms with Crippen LogP contribution >= 0.6 is 11.8 Å². The van der Waals surface area contributed by atoms with Crippen LogP contribution in [-0.4, -0.2) is 46.1 Å². The molecule has 2 rings (SSSR count). The molecule has 2 heterocycles. The van der Waals surface area contributed by atoms with Gasteiger partial charge in [0.1, 0.15) is 0 Å². The van der Waals surface area contributed by atoms with E-state index in [0.717, 1.165) is 38.1 Å². The number of amides is 1. The Balaban J connectivity index is 1.96. The van der Waals surface area contributed by atoms with Crippen molar-refractivity contribution in [3.8, 4) is 0 Å². The van der Waals surface area contributed by atoms with E-state index in [0.29, 0.717) is 11.8 Å². The fraction of sp³-hybridized carbons (Fsp3) is 0.909. The zero-order valence-electron chi connectivity index (χ0n) is 9.24. The molecule has 2 saturated heterocycles. The normalized spacial score (nSPS) is 36.1.